The van der Waals surface area contributed by atoms with Crippen molar-refractivity contribution in [3.05, 3.63) is 24.3 Å². The van der Waals surface area contributed by atoms with E-state index in [2.05, 4.69) is 22.4 Å². The fourth-order valence-corrected chi connectivity index (χ4v) is 3.00. The molecule has 10 heteroatoms. The second kappa shape index (κ2) is 19.6. The second-order valence-electron chi connectivity index (χ2n) is 7.35. The molecule has 2 unspecified atom stereocenters. The Hall–Kier alpha value is -1.06. The van der Waals surface area contributed by atoms with Gasteiger partial charge in [0.1, 0.15) is 18.8 Å². The van der Waals surface area contributed by atoms with E-state index in [-0.39, 0.29) is 19.1 Å². The molecule has 0 heterocycles. The molecule has 0 saturated carbocycles. The molecular formula is C21H39O9P. The smallest absolute Gasteiger partial charge is 0.463 e. The summed E-state index contributed by atoms with van der Waals surface area (Å²) in [7, 11) is -4.64. The van der Waals surface area contributed by atoms with Crippen LogP contribution in [0.5, 0.6) is 0 Å². The van der Waals surface area contributed by atoms with Crippen LogP contribution >= 0.6 is 7.82 Å². The molecule has 31 heavy (non-hydrogen) atoms. The molecule has 0 rings (SSSR count). The molecule has 0 amide bonds. The molecule has 0 aliphatic carbocycles. The van der Waals surface area contributed by atoms with Crippen molar-refractivity contribution < 1.29 is 43.7 Å². The highest BCUT2D eigenvalue weighted by atomic mass is 31.2. The maximum Gasteiger partial charge on any atom is 0.469 e. The highest BCUT2D eigenvalue weighted by molar-refractivity contribution is 7.46. The normalized spacial score (nSPS) is 14.4. The van der Waals surface area contributed by atoms with Gasteiger partial charge < -0.3 is 19.6 Å². The third kappa shape index (κ3) is 21.9. The van der Waals surface area contributed by atoms with Gasteiger partial charge in [0.15, 0.2) is 0 Å². The topological polar surface area (TPSA) is 143 Å². The number of hydrogen-bond donors (Lipinski definition) is 4. The summed E-state index contributed by atoms with van der Waals surface area (Å²) in [4.78, 5) is 33.0. The van der Waals surface area contributed by atoms with Gasteiger partial charge in [0.25, 0.3) is 0 Å². The molecule has 0 bridgehead atoms. The summed E-state index contributed by atoms with van der Waals surface area (Å²) in [6.45, 7) is 1.18. The van der Waals surface area contributed by atoms with Gasteiger partial charge in [-0.25, -0.2) is 9.45 Å². The number of esters is 1. The Morgan fingerprint density at radius 3 is 2.32 bits per heavy atom. The Morgan fingerprint density at radius 2 is 1.65 bits per heavy atom. The first-order chi connectivity index (χ1) is 14.8. The molecule has 0 aliphatic rings. The maximum absolute atomic E-state index is 11.6. The number of phosphoric ester groups is 1. The van der Waals surface area contributed by atoms with Crippen LogP contribution in [0.25, 0.3) is 0 Å². The molecule has 0 spiro atoms. The van der Waals surface area contributed by atoms with Crippen molar-refractivity contribution in [1.82, 2.24) is 0 Å². The highest BCUT2D eigenvalue weighted by Gasteiger charge is 2.17. The molecule has 4 N–H and O–H groups in total. The van der Waals surface area contributed by atoms with Gasteiger partial charge in [0, 0.05) is 6.42 Å². The number of ether oxygens (including phenoxy) is 1. The molecule has 2 atom stereocenters. The summed E-state index contributed by atoms with van der Waals surface area (Å²) in [5.74, 6) is -0.456. The lowest BCUT2D eigenvalue weighted by molar-refractivity contribution is -0.264. The van der Waals surface area contributed by atoms with E-state index in [1.807, 2.05) is 18.2 Å². The lowest BCUT2D eigenvalue weighted by Crippen LogP contribution is -2.23. The quantitative estimate of drug-likeness (QED) is 0.0516. The number of carbonyl (C=O) groups excluding carboxylic acids is 1. The van der Waals surface area contributed by atoms with Crippen LogP contribution in [-0.4, -0.2) is 51.5 Å². The van der Waals surface area contributed by atoms with E-state index in [9.17, 15) is 14.5 Å². The molecule has 0 aromatic heterocycles. The predicted molar refractivity (Wildman–Crippen MR) is 117 cm³/mol. The number of phosphoric acid groups is 1. The van der Waals surface area contributed by atoms with E-state index in [1.54, 1.807) is 0 Å². The van der Waals surface area contributed by atoms with E-state index >= 15 is 0 Å². The van der Waals surface area contributed by atoms with Crippen LogP contribution in [0.15, 0.2) is 24.3 Å². The van der Waals surface area contributed by atoms with Crippen molar-refractivity contribution in [3.63, 3.8) is 0 Å². The molecule has 0 aliphatic heterocycles. The third-order valence-corrected chi connectivity index (χ3v) is 4.85. The molecular weight excluding hydrogens is 427 g/mol. The number of carbonyl (C=O) groups is 1. The van der Waals surface area contributed by atoms with Crippen LogP contribution in [0.3, 0.4) is 0 Å². The molecule has 0 radical (unpaired) electrons. The van der Waals surface area contributed by atoms with Crippen LogP contribution in [-0.2, 0) is 23.5 Å². The van der Waals surface area contributed by atoms with E-state index in [1.165, 1.54) is 0 Å². The Bertz CT molecular complexity index is 545. The van der Waals surface area contributed by atoms with Crippen molar-refractivity contribution >= 4 is 13.8 Å². The van der Waals surface area contributed by atoms with Crippen LogP contribution in [0.1, 0.15) is 77.6 Å². The lowest BCUT2D eigenvalue weighted by Gasteiger charge is -2.12. The first-order valence-electron chi connectivity index (χ1n) is 10.9. The zero-order chi connectivity index (χ0) is 23.4. The van der Waals surface area contributed by atoms with Gasteiger partial charge in [-0.15, -0.1) is 0 Å². The van der Waals surface area contributed by atoms with Gasteiger partial charge in [-0.3, -0.25) is 14.6 Å². The largest absolute Gasteiger partial charge is 0.469 e. The lowest BCUT2D eigenvalue weighted by atomic mass is 10.1. The van der Waals surface area contributed by atoms with Gasteiger partial charge in [-0.05, 0) is 32.1 Å². The second-order valence-corrected chi connectivity index (χ2v) is 8.59. The predicted octanol–water partition coefficient (Wildman–Crippen LogP) is 4.28. The first kappa shape index (κ1) is 29.9. The first-order valence-corrected chi connectivity index (χ1v) is 12.5. The SMILES string of the molecule is CCCCC=CC(CC=CCCCCCCCC(=O)OCC(O)COP(=O)(O)O)OO. The summed E-state index contributed by atoms with van der Waals surface area (Å²) >= 11 is 0. The minimum Gasteiger partial charge on any atom is -0.463 e. The van der Waals surface area contributed by atoms with Crippen molar-refractivity contribution in [2.45, 2.75) is 89.8 Å². The maximum atomic E-state index is 11.6. The minimum atomic E-state index is -4.64. The summed E-state index contributed by atoms with van der Waals surface area (Å²) < 4.78 is 19.5. The number of aliphatic hydroxyl groups is 1. The van der Waals surface area contributed by atoms with Crippen molar-refractivity contribution in [3.8, 4) is 0 Å². The Morgan fingerprint density at radius 1 is 0.968 bits per heavy atom. The zero-order valence-corrected chi connectivity index (χ0v) is 19.3. The van der Waals surface area contributed by atoms with Gasteiger partial charge in [-0.1, -0.05) is 63.3 Å². The molecule has 9 nitrogen and oxygen atoms in total. The fraction of sp³-hybridized carbons (Fsp3) is 0.762. The van der Waals surface area contributed by atoms with Gasteiger partial charge in [0.05, 0.1) is 6.61 Å². The number of allylic oxidation sites excluding steroid dienone is 2. The highest BCUT2D eigenvalue weighted by Crippen LogP contribution is 2.35. The molecule has 0 aromatic carbocycles. The van der Waals surface area contributed by atoms with Crippen LogP contribution in [0, 0.1) is 0 Å². The standard InChI is InChI=1S/C21H39O9P/c1-2-3-4-11-14-20(30-24)15-12-9-7-5-6-8-10-13-16-21(23)28-17-19(22)18-29-31(25,26)27/h9,11-12,14,19-20,22,24H,2-8,10,13,15-18H2,1H3,(H2,25,26,27). The van der Waals surface area contributed by atoms with Crippen LogP contribution in [0.4, 0.5) is 0 Å². The fourth-order valence-electron chi connectivity index (χ4n) is 2.63. The van der Waals surface area contributed by atoms with E-state index in [4.69, 9.17) is 19.8 Å². The van der Waals surface area contributed by atoms with Gasteiger partial charge in [0.2, 0.25) is 0 Å². The molecule has 0 aromatic rings. The Labute approximate surface area is 185 Å². The average molecular weight is 467 g/mol. The van der Waals surface area contributed by atoms with E-state index < -0.39 is 26.5 Å². The van der Waals surface area contributed by atoms with Crippen molar-refractivity contribution in [2.75, 3.05) is 13.2 Å². The van der Waals surface area contributed by atoms with Gasteiger partial charge >= 0.3 is 13.8 Å². The number of hydrogen-bond acceptors (Lipinski definition) is 7. The Kier molecular flexibility index (Phi) is 18.9. The van der Waals surface area contributed by atoms with Crippen molar-refractivity contribution in [2.24, 2.45) is 0 Å². The van der Waals surface area contributed by atoms with Crippen molar-refractivity contribution in [1.29, 1.82) is 0 Å². The zero-order valence-electron chi connectivity index (χ0n) is 18.4. The number of rotatable bonds is 20. The monoisotopic (exact) mass is 466 g/mol. The molecule has 0 saturated heterocycles. The Balaban J connectivity index is 3.61. The van der Waals surface area contributed by atoms with E-state index in [0.29, 0.717) is 12.8 Å². The van der Waals surface area contributed by atoms with Crippen LogP contribution in [0.2, 0.25) is 0 Å². The van der Waals surface area contributed by atoms with Gasteiger partial charge in [-0.2, -0.15) is 0 Å². The average Bonchev–Trinajstić information content (AvgIpc) is 2.72. The van der Waals surface area contributed by atoms with E-state index in [0.717, 1.165) is 51.4 Å². The summed E-state index contributed by atoms with van der Waals surface area (Å²) in [6.07, 6.45) is 16.2. The summed E-state index contributed by atoms with van der Waals surface area (Å²) in [5, 5.41) is 18.3. The summed E-state index contributed by atoms with van der Waals surface area (Å²) in [6, 6.07) is 0. The molecule has 182 valence electrons. The molecule has 0 fully saturated rings. The summed E-state index contributed by atoms with van der Waals surface area (Å²) in [5.41, 5.74) is 0. The minimum absolute atomic E-state index is 0.236. The third-order valence-electron chi connectivity index (χ3n) is 4.37. The number of aliphatic hydroxyl groups excluding tert-OH is 1. The number of unbranched alkanes of at least 4 members (excludes halogenated alkanes) is 7. The van der Waals surface area contributed by atoms with Crippen LogP contribution < -0.4 is 0 Å².